The van der Waals surface area contributed by atoms with E-state index < -0.39 is 6.03 Å². The van der Waals surface area contributed by atoms with Gasteiger partial charge in [-0.05, 0) is 30.1 Å². The highest BCUT2D eigenvalue weighted by molar-refractivity contribution is 5.86. The second-order valence-corrected chi connectivity index (χ2v) is 7.31. The molecule has 0 heterocycles. The Morgan fingerprint density at radius 3 is 2.29 bits per heavy atom. The summed E-state index contributed by atoms with van der Waals surface area (Å²) in [5.41, 5.74) is -0.0465. The van der Waals surface area contributed by atoms with Gasteiger partial charge in [-0.1, -0.05) is 41.2 Å². The number of nitrogens with one attached hydrogen (secondary N) is 2. The maximum absolute atomic E-state index is 12.0. The van der Waals surface area contributed by atoms with Gasteiger partial charge in [0.05, 0.1) is 0 Å². The monoisotopic (exact) mass is 339 g/mol. The Morgan fingerprint density at radius 1 is 1.25 bits per heavy atom. The van der Waals surface area contributed by atoms with Gasteiger partial charge >= 0.3 is 6.03 Å². The molecule has 0 aromatic carbocycles. The highest BCUT2D eigenvalue weighted by atomic mass is 16.2. The van der Waals surface area contributed by atoms with Gasteiger partial charge in [-0.3, -0.25) is 9.59 Å². The van der Waals surface area contributed by atoms with Crippen LogP contribution < -0.4 is 10.6 Å². The molecule has 1 aliphatic carbocycles. The van der Waals surface area contributed by atoms with E-state index in [0.717, 1.165) is 24.2 Å². The van der Waals surface area contributed by atoms with E-state index in [0.29, 0.717) is 13.0 Å². The van der Waals surface area contributed by atoms with E-state index >= 15 is 0 Å². The van der Waals surface area contributed by atoms with Crippen LogP contribution in [0.3, 0.4) is 0 Å². The summed E-state index contributed by atoms with van der Waals surface area (Å²) < 4.78 is 0. The van der Waals surface area contributed by atoms with Gasteiger partial charge in [0.15, 0.2) is 0 Å². The summed E-state index contributed by atoms with van der Waals surface area (Å²) in [4.78, 5) is 34.9. The van der Waals surface area contributed by atoms with Crippen molar-refractivity contribution >= 4 is 18.3 Å². The molecule has 0 aromatic rings. The molecule has 1 saturated carbocycles. The van der Waals surface area contributed by atoms with Gasteiger partial charge in [-0.2, -0.15) is 0 Å². The normalized spacial score (nSPS) is 24.7. The highest BCUT2D eigenvalue weighted by Crippen LogP contribution is 2.45. The van der Waals surface area contributed by atoms with Crippen LogP contribution >= 0.6 is 0 Å². The Hall–Kier alpha value is -1.85. The average Bonchev–Trinajstić information content (AvgIpc) is 2.46. The van der Waals surface area contributed by atoms with Crippen molar-refractivity contribution < 1.29 is 14.4 Å². The van der Waals surface area contributed by atoms with E-state index in [9.17, 15) is 14.4 Å². The standard InChI is InChI=1S/C16H27N3O3.C2H6/c1-6-19(11-20)14(22)18-13-7-15(3,4)9-16(5,8-13)10-17-12(2)21;1-2/h6,11,13H,1,7-10H2,2-5H3,(H,17,21)(H,18,22);1-2H3. The molecule has 0 aromatic heterocycles. The van der Waals surface area contributed by atoms with Crippen LogP contribution in [-0.2, 0) is 9.59 Å². The van der Waals surface area contributed by atoms with E-state index in [1.54, 1.807) is 0 Å². The lowest BCUT2D eigenvalue weighted by atomic mass is 9.62. The van der Waals surface area contributed by atoms with Crippen LogP contribution in [0.5, 0.6) is 0 Å². The van der Waals surface area contributed by atoms with Crippen LogP contribution in [0.1, 0.15) is 60.8 Å². The summed E-state index contributed by atoms with van der Waals surface area (Å²) in [5.74, 6) is -0.0519. The summed E-state index contributed by atoms with van der Waals surface area (Å²) in [6, 6.07) is -0.507. The fourth-order valence-electron chi connectivity index (χ4n) is 3.63. The lowest BCUT2D eigenvalue weighted by Gasteiger charge is -2.47. The summed E-state index contributed by atoms with van der Waals surface area (Å²) in [6.07, 6.45) is 4.18. The van der Waals surface area contributed by atoms with E-state index in [4.69, 9.17) is 0 Å². The number of imide groups is 1. The molecule has 6 heteroatoms. The minimum absolute atomic E-state index is 0.0441. The smallest absolute Gasteiger partial charge is 0.328 e. The Labute approximate surface area is 146 Å². The van der Waals surface area contributed by atoms with Crippen LogP contribution in [0, 0.1) is 10.8 Å². The number of carbonyl (C=O) groups is 3. The zero-order chi connectivity index (χ0) is 19.0. The molecule has 138 valence electrons. The zero-order valence-corrected chi connectivity index (χ0v) is 15.9. The molecule has 1 rings (SSSR count). The Balaban J connectivity index is 0.00000254. The zero-order valence-electron chi connectivity index (χ0n) is 15.9. The van der Waals surface area contributed by atoms with Gasteiger partial charge < -0.3 is 10.6 Å². The van der Waals surface area contributed by atoms with Gasteiger partial charge in [-0.25, -0.2) is 9.69 Å². The van der Waals surface area contributed by atoms with E-state index in [-0.39, 0.29) is 22.8 Å². The summed E-state index contributed by atoms with van der Waals surface area (Å²) >= 11 is 0. The van der Waals surface area contributed by atoms with Crippen LogP contribution in [0.4, 0.5) is 4.79 Å². The second kappa shape index (κ2) is 9.45. The van der Waals surface area contributed by atoms with Crippen molar-refractivity contribution in [1.29, 1.82) is 0 Å². The molecular formula is C18H33N3O3. The van der Waals surface area contributed by atoms with Gasteiger partial charge in [0.2, 0.25) is 12.3 Å². The van der Waals surface area contributed by atoms with Crippen molar-refractivity contribution in [2.45, 2.75) is 66.8 Å². The minimum atomic E-state index is -0.463. The first-order chi connectivity index (χ1) is 11.1. The van der Waals surface area contributed by atoms with Gasteiger partial charge in [0.25, 0.3) is 0 Å². The molecule has 0 bridgehead atoms. The molecule has 4 amide bonds. The Kier molecular flexibility index (Phi) is 8.72. The number of nitrogens with zero attached hydrogens (tertiary/aromatic N) is 1. The fourth-order valence-corrected chi connectivity index (χ4v) is 3.63. The molecule has 2 N–H and O–H groups in total. The predicted molar refractivity (Wildman–Crippen MR) is 96.2 cm³/mol. The largest absolute Gasteiger partial charge is 0.356 e. The molecule has 0 spiro atoms. The molecule has 24 heavy (non-hydrogen) atoms. The highest BCUT2D eigenvalue weighted by Gasteiger charge is 2.41. The number of urea groups is 1. The van der Waals surface area contributed by atoms with Gasteiger partial charge in [0.1, 0.15) is 0 Å². The Morgan fingerprint density at radius 2 is 1.83 bits per heavy atom. The minimum Gasteiger partial charge on any atom is -0.356 e. The number of carbonyl (C=O) groups excluding carboxylic acids is 3. The summed E-state index contributed by atoms with van der Waals surface area (Å²) in [6.45, 7) is 16.0. The number of hydrogen-bond donors (Lipinski definition) is 2. The lowest BCUT2D eigenvalue weighted by Crippen LogP contribution is -2.52. The van der Waals surface area contributed by atoms with Crippen LogP contribution in [-0.4, -0.2) is 35.8 Å². The molecule has 1 aliphatic rings. The first-order valence-electron chi connectivity index (χ1n) is 8.52. The second-order valence-electron chi connectivity index (χ2n) is 7.31. The maximum atomic E-state index is 12.0. The van der Waals surface area contributed by atoms with Crippen molar-refractivity contribution in [2.24, 2.45) is 10.8 Å². The first-order valence-corrected chi connectivity index (χ1v) is 8.52. The molecule has 0 radical (unpaired) electrons. The van der Waals surface area contributed by atoms with E-state index in [1.165, 1.54) is 13.1 Å². The molecule has 2 atom stereocenters. The third-order valence-corrected chi connectivity index (χ3v) is 4.08. The van der Waals surface area contributed by atoms with Crippen molar-refractivity contribution in [3.8, 4) is 0 Å². The SMILES string of the molecule is C=CN(C=O)C(=O)NC1CC(C)(C)CC(C)(CNC(C)=O)C1.CC. The molecule has 1 fully saturated rings. The third kappa shape index (κ3) is 7.15. The lowest BCUT2D eigenvalue weighted by molar-refractivity contribution is -0.120. The van der Waals surface area contributed by atoms with E-state index in [1.807, 2.05) is 13.8 Å². The molecular weight excluding hydrogens is 306 g/mol. The number of hydrogen-bond acceptors (Lipinski definition) is 3. The third-order valence-electron chi connectivity index (χ3n) is 4.08. The molecule has 2 unspecified atom stereocenters. The van der Waals surface area contributed by atoms with E-state index in [2.05, 4.69) is 38.0 Å². The summed E-state index contributed by atoms with van der Waals surface area (Å²) in [5, 5.41) is 5.77. The summed E-state index contributed by atoms with van der Waals surface area (Å²) in [7, 11) is 0. The van der Waals surface area contributed by atoms with Crippen molar-refractivity contribution in [2.75, 3.05) is 6.54 Å². The van der Waals surface area contributed by atoms with Gasteiger partial charge in [0, 0.05) is 25.7 Å². The quantitative estimate of drug-likeness (QED) is 0.756. The average molecular weight is 339 g/mol. The van der Waals surface area contributed by atoms with Gasteiger partial charge in [-0.15, -0.1) is 0 Å². The number of rotatable bonds is 5. The molecule has 0 aliphatic heterocycles. The Bertz CT molecular complexity index is 454. The van der Waals surface area contributed by atoms with Crippen LogP contribution in [0.15, 0.2) is 12.8 Å². The number of amides is 4. The van der Waals surface area contributed by atoms with Crippen molar-refractivity contribution in [3.63, 3.8) is 0 Å². The van der Waals surface area contributed by atoms with Crippen LogP contribution in [0.25, 0.3) is 0 Å². The fraction of sp³-hybridized carbons (Fsp3) is 0.722. The first kappa shape index (κ1) is 22.1. The topological polar surface area (TPSA) is 78.5 Å². The molecule has 0 saturated heterocycles. The van der Waals surface area contributed by atoms with Crippen molar-refractivity contribution in [3.05, 3.63) is 12.8 Å². The van der Waals surface area contributed by atoms with Crippen molar-refractivity contribution in [1.82, 2.24) is 15.5 Å². The maximum Gasteiger partial charge on any atom is 0.328 e. The molecule has 6 nitrogen and oxygen atoms in total. The predicted octanol–water partition coefficient (Wildman–Crippen LogP) is 3.05. The van der Waals surface area contributed by atoms with Crippen LogP contribution in [0.2, 0.25) is 0 Å².